The number of ether oxygens (including phenoxy) is 2. The van der Waals surface area contributed by atoms with E-state index in [4.69, 9.17) is 9.47 Å². The van der Waals surface area contributed by atoms with Crippen molar-refractivity contribution in [2.45, 2.75) is 6.92 Å². The quantitative estimate of drug-likeness (QED) is 0.627. The SMILES string of the molecule is Cc1cccc(C2=NC(=Cc3ccc(N4CCOCC4)s3)C(=O)O2)c1. The van der Waals surface area contributed by atoms with Crippen molar-refractivity contribution in [3.05, 3.63) is 58.1 Å². The first-order chi connectivity index (χ1) is 12.2. The minimum Gasteiger partial charge on any atom is -0.402 e. The average molecular weight is 354 g/mol. The van der Waals surface area contributed by atoms with E-state index in [9.17, 15) is 4.79 Å². The molecule has 2 aliphatic heterocycles. The highest BCUT2D eigenvalue weighted by molar-refractivity contribution is 7.16. The molecule has 3 heterocycles. The number of thiophene rings is 1. The van der Waals surface area contributed by atoms with Gasteiger partial charge in [-0.3, -0.25) is 0 Å². The lowest BCUT2D eigenvalue weighted by molar-refractivity contribution is -0.129. The number of hydrogen-bond donors (Lipinski definition) is 0. The molecule has 0 bridgehead atoms. The van der Waals surface area contributed by atoms with E-state index in [0.717, 1.165) is 42.3 Å². The Kier molecular flexibility index (Phi) is 4.38. The van der Waals surface area contributed by atoms with Crippen LogP contribution in [0.1, 0.15) is 16.0 Å². The second kappa shape index (κ2) is 6.82. The van der Waals surface area contributed by atoms with Crippen molar-refractivity contribution in [3.8, 4) is 0 Å². The molecular weight excluding hydrogens is 336 g/mol. The van der Waals surface area contributed by atoms with Gasteiger partial charge >= 0.3 is 5.97 Å². The van der Waals surface area contributed by atoms with Crippen LogP contribution in [0.2, 0.25) is 0 Å². The summed E-state index contributed by atoms with van der Waals surface area (Å²) in [5.74, 6) is -0.0391. The summed E-state index contributed by atoms with van der Waals surface area (Å²) in [6.07, 6.45) is 1.79. The van der Waals surface area contributed by atoms with Crippen molar-refractivity contribution < 1.29 is 14.3 Å². The molecule has 5 nitrogen and oxygen atoms in total. The lowest BCUT2D eigenvalue weighted by Gasteiger charge is -2.27. The molecule has 0 atom stereocenters. The normalized spacial score (nSPS) is 19.2. The molecule has 4 rings (SSSR count). The Labute approximate surface area is 150 Å². The largest absolute Gasteiger partial charge is 0.402 e. The van der Waals surface area contributed by atoms with Crippen molar-refractivity contribution in [1.29, 1.82) is 0 Å². The van der Waals surface area contributed by atoms with Gasteiger partial charge in [0, 0.05) is 23.5 Å². The van der Waals surface area contributed by atoms with Gasteiger partial charge in [-0.25, -0.2) is 9.79 Å². The maximum Gasteiger partial charge on any atom is 0.363 e. The molecule has 0 spiro atoms. The Balaban J connectivity index is 1.56. The molecule has 128 valence electrons. The van der Waals surface area contributed by atoms with Gasteiger partial charge in [-0.15, -0.1) is 11.3 Å². The van der Waals surface area contributed by atoms with Crippen LogP contribution >= 0.6 is 11.3 Å². The summed E-state index contributed by atoms with van der Waals surface area (Å²) in [4.78, 5) is 19.8. The Hall–Kier alpha value is -2.44. The third-order valence-electron chi connectivity index (χ3n) is 4.10. The predicted molar refractivity (Wildman–Crippen MR) is 99.1 cm³/mol. The van der Waals surface area contributed by atoms with Gasteiger partial charge < -0.3 is 14.4 Å². The molecule has 1 aromatic heterocycles. The van der Waals surface area contributed by atoms with Gasteiger partial charge in [-0.05, 0) is 37.3 Å². The highest BCUT2D eigenvalue weighted by Crippen LogP contribution is 2.29. The molecule has 0 radical (unpaired) electrons. The molecule has 25 heavy (non-hydrogen) atoms. The highest BCUT2D eigenvalue weighted by Gasteiger charge is 2.24. The summed E-state index contributed by atoms with van der Waals surface area (Å²) >= 11 is 1.64. The van der Waals surface area contributed by atoms with Crippen LogP contribution in [0.15, 0.2) is 47.1 Å². The number of carbonyl (C=O) groups is 1. The second-order valence-corrected chi connectivity index (χ2v) is 7.07. The maximum absolute atomic E-state index is 12.1. The topological polar surface area (TPSA) is 51.1 Å². The number of hydrogen-bond acceptors (Lipinski definition) is 6. The van der Waals surface area contributed by atoms with Crippen LogP contribution in [0.25, 0.3) is 6.08 Å². The molecule has 1 saturated heterocycles. The lowest BCUT2D eigenvalue weighted by Crippen LogP contribution is -2.35. The maximum atomic E-state index is 12.1. The summed E-state index contributed by atoms with van der Waals surface area (Å²) in [7, 11) is 0. The lowest BCUT2D eigenvalue weighted by atomic mass is 10.1. The van der Waals surface area contributed by atoms with E-state index in [2.05, 4.69) is 16.0 Å². The van der Waals surface area contributed by atoms with Crippen LogP contribution < -0.4 is 4.90 Å². The molecule has 2 aromatic rings. The third-order valence-corrected chi connectivity index (χ3v) is 5.19. The Bertz CT molecular complexity index is 863. The average Bonchev–Trinajstić information content (AvgIpc) is 3.24. The van der Waals surface area contributed by atoms with E-state index < -0.39 is 5.97 Å². The minimum absolute atomic E-state index is 0.340. The zero-order chi connectivity index (χ0) is 17.2. The van der Waals surface area contributed by atoms with E-state index in [-0.39, 0.29) is 0 Å². The second-order valence-electron chi connectivity index (χ2n) is 5.98. The first-order valence-corrected chi connectivity index (χ1v) is 9.03. The van der Waals surface area contributed by atoms with Crippen molar-refractivity contribution in [2.24, 2.45) is 4.99 Å². The van der Waals surface area contributed by atoms with Crippen molar-refractivity contribution in [2.75, 3.05) is 31.2 Å². The monoisotopic (exact) mass is 354 g/mol. The van der Waals surface area contributed by atoms with E-state index >= 15 is 0 Å². The van der Waals surface area contributed by atoms with Crippen molar-refractivity contribution in [3.63, 3.8) is 0 Å². The molecule has 0 saturated carbocycles. The molecule has 1 aromatic carbocycles. The van der Waals surface area contributed by atoms with Crippen LogP contribution in [0.3, 0.4) is 0 Å². The van der Waals surface area contributed by atoms with Crippen LogP contribution in [0.4, 0.5) is 5.00 Å². The van der Waals surface area contributed by atoms with Crippen molar-refractivity contribution >= 4 is 34.3 Å². The molecule has 0 unspecified atom stereocenters. The fourth-order valence-electron chi connectivity index (χ4n) is 2.82. The number of aryl methyl sites for hydroxylation is 1. The number of esters is 1. The molecular formula is C19H18N2O3S. The fraction of sp³-hybridized carbons (Fsp3) is 0.263. The number of morpholine rings is 1. The minimum atomic E-state index is -0.405. The molecule has 2 aliphatic rings. The third kappa shape index (κ3) is 3.50. The number of cyclic esters (lactones) is 1. The Morgan fingerprint density at radius 3 is 2.84 bits per heavy atom. The van der Waals surface area contributed by atoms with Crippen LogP contribution in [-0.4, -0.2) is 38.2 Å². The number of aliphatic imine (C=N–C) groups is 1. The van der Waals surface area contributed by atoms with Gasteiger partial charge in [0.2, 0.25) is 5.90 Å². The predicted octanol–water partition coefficient (Wildman–Crippen LogP) is 3.24. The number of benzene rings is 1. The highest BCUT2D eigenvalue weighted by atomic mass is 32.1. The van der Waals surface area contributed by atoms with Crippen LogP contribution in [-0.2, 0) is 14.3 Å². The zero-order valence-corrected chi connectivity index (χ0v) is 14.7. The Morgan fingerprint density at radius 2 is 2.04 bits per heavy atom. The van der Waals surface area contributed by atoms with Gasteiger partial charge in [0.05, 0.1) is 18.2 Å². The van der Waals surface area contributed by atoms with Gasteiger partial charge in [0.15, 0.2) is 5.70 Å². The van der Waals surface area contributed by atoms with E-state index in [1.54, 1.807) is 17.4 Å². The van der Waals surface area contributed by atoms with Gasteiger partial charge in [0.1, 0.15) is 0 Å². The summed E-state index contributed by atoms with van der Waals surface area (Å²) in [5, 5.41) is 1.18. The summed E-state index contributed by atoms with van der Waals surface area (Å²) in [6, 6.07) is 11.9. The molecule has 0 aliphatic carbocycles. The zero-order valence-electron chi connectivity index (χ0n) is 13.9. The van der Waals surface area contributed by atoms with E-state index in [1.807, 2.05) is 37.3 Å². The number of nitrogens with zero attached hydrogens (tertiary/aromatic N) is 2. The molecule has 6 heteroatoms. The number of rotatable bonds is 3. The van der Waals surface area contributed by atoms with E-state index in [1.165, 1.54) is 5.00 Å². The fourth-order valence-corrected chi connectivity index (χ4v) is 3.81. The molecule has 1 fully saturated rings. The van der Waals surface area contributed by atoms with Crippen LogP contribution in [0.5, 0.6) is 0 Å². The summed E-state index contributed by atoms with van der Waals surface area (Å²) < 4.78 is 10.7. The summed E-state index contributed by atoms with van der Waals surface area (Å²) in [5.41, 5.74) is 2.26. The standard InChI is InChI=1S/C19H18N2O3S/c1-13-3-2-4-14(11-13)18-20-16(19(22)24-18)12-15-5-6-17(25-15)21-7-9-23-10-8-21/h2-6,11-12H,7-10H2,1H3. The number of anilines is 1. The van der Waals surface area contributed by atoms with Gasteiger partial charge in [0.25, 0.3) is 0 Å². The first kappa shape index (κ1) is 16.1. The summed E-state index contributed by atoms with van der Waals surface area (Å²) in [6.45, 7) is 5.30. The first-order valence-electron chi connectivity index (χ1n) is 8.21. The van der Waals surface area contributed by atoms with Crippen molar-refractivity contribution in [1.82, 2.24) is 0 Å². The van der Waals surface area contributed by atoms with Crippen LogP contribution in [0, 0.1) is 6.92 Å². The molecule has 0 N–H and O–H groups in total. The van der Waals surface area contributed by atoms with Gasteiger partial charge in [-0.1, -0.05) is 17.7 Å². The molecule has 0 amide bonds. The Morgan fingerprint density at radius 1 is 1.20 bits per heavy atom. The smallest absolute Gasteiger partial charge is 0.363 e. The number of carbonyl (C=O) groups excluding carboxylic acids is 1. The van der Waals surface area contributed by atoms with Gasteiger partial charge in [-0.2, -0.15) is 0 Å². The van der Waals surface area contributed by atoms with E-state index in [0.29, 0.717) is 11.6 Å².